The van der Waals surface area contributed by atoms with Crippen LogP contribution in [0.4, 0.5) is 0 Å². The van der Waals surface area contributed by atoms with E-state index in [0.29, 0.717) is 0 Å². The maximum absolute atomic E-state index is 4.27. The molecule has 0 heterocycles. The molecule has 0 aromatic rings. The van der Waals surface area contributed by atoms with Crippen molar-refractivity contribution in [2.45, 2.75) is 60.3 Å². The minimum absolute atomic E-state index is 0.750. The van der Waals surface area contributed by atoms with Crippen LogP contribution in [0.2, 0.25) is 0 Å². The molecule has 0 heteroatoms. The first-order valence-electron chi connectivity index (χ1n) is 7.11. The topological polar surface area (TPSA) is 0 Å². The van der Waals surface area contributed by atoms with Crippen molar-refractivity contribution >= 4 is 0 Å². The fraction of sp³-hybridized carbons (Fsp3) is 0.875. The predicted octanol–water partition coefficient (Wildman–Crippen LogP) is 5.30. The molecule has 0 saturated heterocycles. The first-order valence-corrected chi connectivity index (χ1v) is 7.11. The second-order valence-electron chi connectivity index (χ2n) is 6.54. The molecule has 0 N–H and O–H groups in total. The van der Waals surface area contributed by atoms with E-state index in [0.717, 1.165) is 29.6 Å². The summed E-state index contributed by atoms with van der Waals surface area (Å²) in [4.78, 5) is 0. The zero-order valence-electron chi connectivity index (χ0n) is 11.9. The third kappa shape index (κ3) is 3.37. The third-order valence-electron chi connectivity index (χ3n) is 4.47. The monoisotopic (exact) mass is 222 g/mol. The van der Waals surface area contributed by atoms with Crippen LogP contribution in [-0.4, -0.2) is 0 Å². The molecule has 0 aromatic carbocycles. The van der Waals surface area contributed by atoms with Crippen LogP contribution in [0, 0.1) is 29.6 Å². The van der Waals surface area contributed by atoms with E-state index < -0.39 is 0 Å². The second kappa shape index (κ2) is 5.89. The van der Waals surface area contributed by atoms with Gasteiger partial charge in [-0.25, -0.2) is 0 Å². The van der Waals surface area contributed by atoms with Gasteiger partial charge in [-0.15, -0.1) is 0 Å². The lowest BCUT2D eigenvalue weighted by molar-refractivity contribution is 0.146. The van der Waals surface area contributed by atoms with Crippen LogP contribution >= 0.6 is 0 Å². The highest BCUT2D eigenvalue weighted by atomic mass is 14.4. The largest absolute Gasteiger partial charge is 0.0996 e. The van der Waals surface area contributed by atoms with Crippen LogP contribution < -0.4 is 0 Å². The minimum atomic E-state index is 0.750. The van der Waals surface area contributed by atoms with Gasteiger partial charge < -0.3 is 0 Å². The fourth-order valence-electron chi connectivity index (χ4n) is 3.42. The van der Waals surface area contributed by atoms with Crippen molar-refractivity contribution < 1.29 is 0 Å². The fourth-order valence-corrected chi connectivity index (χ4v) is 3.42. The van der Waals surface area contributed by atoms with Gasteiger partial charge in [0.25, 0.3) is 0 Å². The summed E-state index contributed by atoms with van der Waals surface area (Å²) in [6.07, 6.45) is 5.45. The normalized spacial score (nSPS) is 28.8. The van der Waals surface area contributed by atoms with Crippen LogP contribution in [0.25, 0.3) is 0 Å². The smallest absolute Gasteiger partial charge is 0.0203 e. The molecular formula is C16H30. The van der Waals surface area contributed by atoms with E-state index in [1.807, 2.05) is 0 Å². The van der Waals surface area contributed by atoms with Gasteiger partial charge in [0.05, 0.1) is 0 Å². The van der Waals surface area contributed by atoms with Crippen molar-refractivity contribution in [3.8, 4) is 0 Å². The van der Waals surface area contributed by atoms with Gasteiger partial charge in [-0.05, 0) is 55.3 Å². The molecule has 94 valence electrons. The van der Waals surface area contributed by atoms with E-state index >= 15 is 0 Å². The molecule has 0 aromatic heterocycles. The van der Waals surface area contributed by atoms with E-state index in [9.17, 15) is 0 Å². The summed E-state index contributed by atoms with van der Waals surface area (Å²) in [6.45, 7) is 16.2. The molecule has 1 aliphatic carbocycles. The zero-order valence-corrected chi connectivity index (χ0v) is 11.9. The lowest BCUT2D eigenvalue weighted by Crippen LogP contribution is -2.30. The minimum Gasteiger partial charge on any atom is -0.0996 e. The highest BCUT2D eigenvalue weighted by molar-refractivity contribution is 5.05. The average Bonchev–Trinajstić information content (AvgIpc) is 2.18. The van der Waals surface area contributed by atoms with Crippen LogP contribution in [0.3, 0.4) is 0 Å². The lowest BCUT2D eigenvalue weighted by atomic mass is 9.66. The van der Waals surface area contributed by atoms with Crippen LogP contribution in [0.15, 0.2) is 12.2 Å². The van der Waals surface area contributed by atoms with E-state index in [2.05, 4.69) is 41.2 Å². The molecule has 16 heavy (non-hydrogen) atoms. The van der Waals surface area contributed by atoms with Gasteiger partial charge in [-0.3, -0.25) is 0 Å². The van der Waals surface area contributed by atoms with Crippen molar-refractivity contribution in [1.29, 1.82) is 0 Å². The molecule has 0 radical (unpaired) electrons. The maximum Gasteiger partial charge on any atom is -0.0203 e. The zero-order chi connectivity index (χ0) is 12.3. The van der Waals surface area contributed by atoms with Crippen LogP contribution in [0.1, 0.15) is 60.3 Å². The van der Waals surface area contributed by atoms with Gasteiger partial charge in [-0.2, -0.15) is 0 Å². The second-order valence-corrected chi connectivity index (χ2v) is 6.54. The summed E-state index contributed by atoms with van der Waals surface area (Å²) in [6, 6.07) is 0. The quantitative estimate of drug-likeness (QED) is 0.566. The Morgan fingerprint density at radius 2 is 1.88 bits per heavy atom. The van der Waals surface area contributed by atoms with Gasteiger partial charge in [0.1, 0.15) is 0 Å². The summed E-state index contributed by atoms with van der Waals surface area (Å²) in [5, 5.41) is 0. The molecule has 0 bridgehead atoms. The number of hydrogen-bond donors (Lipinski definition) is 0. The highest BCUT2D eigenvalue weighted by Crippen LogP contribution is 2.42. The molecule has 3 atom stereocenters. The molecule has 1 saturated carbocycles. The standard InChI is InChI=1S/C16H30/c1-11(2)10-16(12(3)4)15-9-7-8-13(5)14(15)6/h11-12,14-16H,5,7-10H2,1-4,6H3. The van der Waals surface area contributed by atoms with Gasteiger partial charge in [0.15, 0.2) is 0 Å². The Balaban J connectivity index is 2.72. The van der Waals surface area contributed by atoms with Crippen molar-refractivity contribution in [3.05, 3.63) is 12.2 Å². The highest BCUT2D eigenvalue weighted by Gasteiger charge is 2.32. The number of hydrogen-bond acceptors (Lipinski definition) is 0. The van der Waals surface area contributed by atoms with Crippen LogP contribution in [0.5, 0.6) is 0 Å². The Labute approximate surface area is 103 Å². The van der Waals surface area contributed by atoms with Gasteiger partial charge >= 0.3 is 0 Å². The molecule has 1 rings (SSSR count). The van der Waals surface area contributed by atoms with Gasteiger partial charge in [-0.1, -0.05) is 46.8 Å². The average molecular weight is 222 g/mol. The lowest BCUT2D eigenvalue weighted by Gasteiger charge is -2.39. The number of rotatable bonds is 4. The van der Waals surface area contributed by atoms with Gasteiger partial charge in [0.2, 0.25) is 0 Å². The van der Waals surface area contributed by atoms with E-state index in [1.54, 1.807) is 0 Å². The van der Waals surface area contributed by atoms with E-state index in [1.165, 1.54) is 31.3 Å². The molecule has 0 aliphatic heterocycles. The molecule has 0 nitrogen and oxygen atoms in total. The number of allylic oxidation sites excluding steroid dienone is 1. The Hall–Kier alpha value is -0.260. The van der Waals surface area contributed by atoms with E-state index in [4.69, 9.17) is 0 Å². The van der Waals surface area contributed by atoms with E-state index in [-0.39, 0.29) is 0 Å². The maximum atomic E-state index is 4.27. The van der Waals surface area contributed by atoms with Crippen molar-refractivity contribution in [3.63, 3.8) is 0 Å². The Kier molecular flexibility index (Phi) is 5.08. The molecule has 1 aliphatic rings. The first-order chi connectivity index (χ1) is 7.43. The molecule has 3 unspecified atom stereocenters. The van der Waals surface area contributed by atoms with Crippen LogP contribution in [-0.2, 0) is 0 Å². The summed E-state index contributed by atoms with van der Waals surface area (Å²) in [5.41, 5.74) is 1.51. The Morgan fingerprint density at radius 1 is 1.25 bits per heavy atom. The molecule has 0 spiro atoms. The van der Waals surface area contributed by atoms with Gasteiger partial charge in [0, 0.05) is 0 Å². The first kappa shape index (κ1) is 13.8. The van der Waals surface area contributed by atoms with Crippen molar-refractivity contribution in [2.24, 2.45) is 29.6 Å². The Morgan fingerprint density at radius 3 is 2.38 bits per heavy atom. The summed E-state index contributed by atoms with van der Waals surface area (Å²) in [7, 11) is 0. The molecule has 1 fully saturated rings. The third-order valence-corrected chi connectivity index (χ3v) is 4.47. The predicted molar refractivity (Wildman–Crippen MR) is 73.4 cm³/mol. The van der Waals surface area contributed by atoms with Crippen molar-refractivity contribution in [2.75, 3.05) is 0 Å². The summed E-state index contributed by atoms with van der Waals surface area (Å²) >= 11 is 0. The summed E-state index contributed by atoms with van der Waals surface area (Å²) in [5.74, 6) is 4.19. The van der Waals surface area contributed by atoms with Crippen molar-refractivity contribution in [1.82, 2.24) is 0 Å². The SMILES string of the molecule is C=C1CCCC(C(CC(C)C)C(C)C)C1C. The molecule has 0 amide bonds. The molecular weight excluding hydrogens is 192 g/mol. The Bertz CT molecular complexity index is 224. The summed E-state index contributed by atoms with van der Waals surface area (Å²) < 4.78 is 0.